The zero-order chi connectivity index (χ0) is 21.7. The molecule has 156 valence electrons. The molecule has 0 fully saturated rings. The normalized spacial score (nSPS) is 11.7. The molecule has 0 aliphatic rings. The van der Waals surface area contributed by atoms with Gasteiger partial charge in [-0.1, -0.05) is 41.9 Å². The van der Waals surface area contributed by atoms with Crippen LogP contribution in [0.4, 0.5) is 0 Å². The number of para-hydroxylation sites is 1. The van der Waals surface area contributed by atoms with Crippen LogP contribution in [0.2, 0.25) is 5.02 Å². The van der Waals surface area contributed by atoms with Crippen molar-refractivity contribution in [1.29, 1.82) is 0 Å². The molecule has 1 N–H and O–H groups in total. The Labute approximate surface area is 187 Å². The summed E-state index contributed by atoms with van der Waals surface area (Å²) in [5.41, 5.74) is 5.55. The van der Waals surface area contributed by atoms with Gasteiger partial charge in [-0.3, -0.25) is 4.79 Å². The van der Waals surface area contributed by atoms with E-state index in [4.69, 9.17) is 11.6 Å². The van der Waals surface area contributed by atoms with Crippen LogP contribution in [0, 0.1) is 0 Å². The van der Waals surface area contributed by atoms with Crippen molar-refractivity contribution in [3.8, 4) is 11.1 Å². The van der Waals surface area contributed by atoms with Gasteiger partial charge in [-0.15, -0.1) is 0 Å². The molecule has 7 heteroatoms. The molecule has 0 unspecified atom stereocenters. The van der Waals surface area contributed by atoms with Crippen LogP contribution in [0.1, 0.15) is 5.56 Å². The number of pyridine rings is 1. The summed E-state index contributed by atoms with van der Waals surface area (Å²) in [7, 11) is 0. The van der Waals surface area contributed by atoms with E-state index < -0.39 is 0 Å². The van der Waals surface area contributed by atoms with Gasteiger partial charge in [0.05, 0.1) is 17.1 Å². The number of hydrogen-bond donors (Lipinski definition) is 1. The SMILES string of the molecule is O=c1c2cnc3c(-c4ccc(Cl)cc4)cnn3c2ccn1CCc1c[nH]c2ccccc12. The minimum absolute atomic E-state index is 0.0692. The van der Waals surface area contributed by atoms with Crippen LogP contribution < -0.4 is 5.56 Å². The third-order valence-electron chi connectivity index (χ3n) is 5.92. The largest absolute Gasteiger partial charge is 0.361 e. The molecule has 6 rings (SSSR count). The molecule has 6 nitrogen and oxygen atoms in total. The monoisotopic (exact) mass is 439 g/mol. The lowest BCUT2D eigenvalue weighted by Gasteiger charge is -2.08. The molecule has 0 amide bonds. The number of aromatic nitrogens is 5. The number of aryl methyl sites for hydroxylation is 2. The second-order valence-electron chi connectivity index (χ2n) is 7.78. The molecule has 0 spiro atoms. The molecule has 4 aromatic heterocycles. The zero-order valence-electron chi connectivity index (χ0n) is 17.0. The third-order valence-corrected chi connectivity index (χ3v) is 6.17. The van der Waals surface area contributed by atoms with Gasteiger partial charge in [0.15, 0.2) is 5.65 Å². The van der Waals surface area contributed by atoms with Gasteiger partial charge in [0.1, 0.15) is 0 Å². The van der Waals surface area contributed by atoms with E-state index in [1.54, 1.807) is 21.5 Å². The van der Waals surface area contributed by atoms with Crippen molar-refractivity contribution in [1.82, 2.24) is 24.1 Å². The van der Waals surface area contributed by atoms with Crippen LogP contribution in [0.5, 0.6) is 0 Å². The van der Waals surface area contributed by atoms with E-state index >= 15 is 0 Å². The highest BCUT2D eigenvalue weighted by molar-refractivity contribution is 6.30. The van der Waals surface area contributed by atoms with Crippen LogP contribution in [0.15, 0.2) is 84.2 Å². The summed E-state index contributed by atoms with van der Waals surface area (Å²) in [6.45, 7) is 0.587. The lowest BCUT2D eigenvalue weighted by Crippen LogP contribution is -2.21. The molecular weight excluding hydrogens is 422 g/mol. The van der Waals surface area contributed by atoms with Crippen molar-refractivity contribution in [3.05, 3.63) is 100 Å². The Bertz CT molecular complexity index is 1660. The van der Waals surface area contributed by atoms with Crippen molar-refractivity contribution in [3.63, 3.8) is 0 Å². The average molecular weight is 440 g/mol. The molecule has 6 aromatic rings. The van der Waals surface area contributed by atoms with Crippen LogP contribution in [0.25, 0.3) is 38.6 Å². The molecule has 32 heavy (non-hydrogen) atoms. The van der Waals surface area contributed by atoms with Gasteiger partial charge < -0.3 is 9.55 Å². The first-order valence-electron chi connectivity index (χ1n) is 10.4. The van der Waals surface area contributed by atoms with E-state index in [-0.39, 0.29) is 5.56 Å². The number of nitrogens with zero attached hydrogens (tertiary/aromatic N) is 4. The van der Waals surface area contributed by atoms with Gasteiger partial charge in [-0.05, 0) is 41.8 Å². The topological polar surface area (TPSA) is 68.0 Å². The predicted molar refractivity (Wildman–Crippen MR) is 127 cm³/mol. The molecule has 0 radical (unpaired) electrons. The van der Waals surface area contributed by atoms with Gasteiger partial charge in [-0.2, -0.15) is 5.10 Å². The Balaban J connectivity index is 1.37. The minimum atomic E-state index is -0.0692. The van der Waals surface area contributed by atoms with Crippen LogP contribution in [-0.4, -0.2) is 24.1 Å². The maximum Gasteiger partial charge on any atom is 0.261 e. The van der Waals surface area contributed by atoms with Crippen LogP contribution in [-0.2, 0) is 13.0 Å². The van der Waals surface area contributed by atoms with Crippen molar-refractivity contribution in [2.75, 3.05) is 0 Å². The molecular formula is C25H18ClN5O. The van der Waals surface area contributed by atoms with Gasteiger partial charge in [-0.25, -0.2) is 9.50 Å². The van der Waals surface area contributed by atoms with Gasteiger partial charge in [0.25, 0.3) is 5.56 Å². The zero-order valence-corrected chi connectivity index (χ0v) is 17.8. The number of fused-ring (bicyclic) bond motifs is 4. The highest BCUT2D eigenvalue weighted by atomic mass is 35.5. The summed E-state index contributed by atoms with van der Waals surface area (Å²) in [5, 5.41) is 6.92. The summed E-state index contributed by atoms with van der Waals surface area (Å²) in [6, 6.07) is 17.7. The number of halogens is 1. The highest BCUT2D eigenvalue weighted by Gasteiger charge is 2.13. The van der Waals surface area contributed by atoms with Gasteiger partial charge in [0, 0.05) is 46.6 Å². The Kier molecular flexibility index (Phi) is 4.33. The molecule has 0 aliphatic carbocycles. The van der Waals surface area contributed by atoms with Gasteiger partial charge >= 0.3 is 0 Å². The summed E-state index contributed by atoms with van der Waals surface area (Å²) < 4.78 is 3.46. The fourth-order valence-electron chi connectivity index (χ4n) is 4.25. The Morgan fingerprint density at radius 1 is 0.969 bits per heavy atom. The summed E-state index contributed by atoms with van der Waals surface area (Å²) >= 11 is 6.01. The van der Waals surface area contributed by atoms with E-state index in [1.807, 2.05) is 54.9 Å². The number of rotatable bonds is 4. The van der Waals surface area contributed by atoms with Crippen LogP contribution >= 0.6 is 11.6 Å². The maximum atomic E-state index is 13.2. The molecule has 0 atom stereocenters. The number of hydrogen-bond acceptors (Lipinski definition) is 3. The van der Waals surface area contributed by atoms with E-state index in [0.29, 0.717) is 22.6 Å². The van der Waals surface area contributed by atoms with E-state index in [2.05, 4.69) is 27.2 Å². The molecule has 0 saturated carbocycles. The first-order valence-corrected chi connectivity index (χ1v) is 10.7. The second kappa shape index (κ2) is 7.35. The number of nitrogens with one attached hydrogen (secondary N) is 1. The van der Waals surface area contributed by atoms with Gasteiger partial charge in [0.2, 0.25) is 0 Å². The smallest absolute Gasteiger partial charge is 0.261 e. The fraction of sp³-hybridized carbons (Fsp3) is 0.0800. The lowest BCUT2D eigenvalue weighted by atomic mass is 10.1. The van der Waals surface area contributed by atoms with Crippen molar-refractivity contribution in [2.24, 2.45) is 0 Å². The number of aromatic amines is 1. The molecule has 0 saturated heterocycles. The van der Waals surface area contributed by atoms with Crippen molar-refractivity contribution < 1.29 is 0 Å². The molecule has 0 aliphatic heterocycles. The van der Waals surface area contributed by atoms with E-state index in [9.17, 15) is 4.79 Å². The van der Waals surface area contributed by atoms with E-state index in [1.165, 1.54) is 10.9 Å². The lowest BCUT2D eigenvalue weighted by molar-refractivity contribution is 0.676. The molecule has 2 aromatic carbocycles. The minimum Gasteiger partial charge on any atom is -0.361 e. The quantitative estimate of drug-likeness (QED) is 0.416. The fourth-order valence-corrected chi connectivity index (χ4v) is 4.37. The van der Waals surface area contributed by atoms with E-state index in [0.717, 1.165) is 28.6 Å². The summed E-state index contributed by atoms with van der Waals surface area (Å²) in [5.74, 6) is 0. The number of benzene rings is 2. The Morgan fingerprint density at radius 2 is 1.81 bits per heavy atom. The highest BCUT2D eigenvalue weighted by Crippen LogP contribution is 2.26. The summed E-state index contributed by atoms with van der Waals surface area (Å²) in [6.07, 6.45) is 8.03. The van der Waals surface area contributed by atoms with Crippen LogP contribution in [0.3, 0.4) is 0 Å². The standard InChI is InChI=1S/C25H18ClN5O/c26-18-7-5-16(6-8-18)20-15-29-31-23-10-12-30(25(32)21(23)14-28-24(20)31)11-9-17-13-27-22-4-2-1-3-19(17)22/h1-8,10,12-15,27H,9,11H2. The summed E-state index contributed by atoms with van der Waals surface area (Å²) in [4.78, 5) is 21.0. The molecule has 0 bridgehead atoms. The number of H-pyrrole nitrogens is 1. The third kappa shape index (κ3) is 2.99. The maximum absolute atomic E-state index is 13.2. The average Bonchev–Trinajstić information content (AvgIpc) is 3.44. The second-order valence-corrected chi connectivity index (χ2v) is 8.22. The molecule has 4 heterocycles. The Hall–Kier alpha value is -3.90. The first kappa shape index (κ1) is 18.8. The predicted octanol–water partition coefficient (Wildman–Crippen LogP) is 5.09. The Morgan fingerprint density at radius 3 is 2.69 bits per heavy atom. The first-order chi connectivity index (χ1) is 15.7. The van der Waals surface area contributed by atoms with Crippen molar-refractivity contribution in [2.45, 2.75) is 13.0 Å². The van der Waals surface area contributed by atoms with Crippen molar-refractivity contribution >= 4 is 39.1 Å².